The van der Waals surface area contributed by atoms with Crippen molar-refractivity contribution in [2.45, 2.75) is 25.4 Å². The SMILES string of the molecule is CCc1[nH]ncc1C(=O)N1CCN(c2ncccn2)[C@@H]2CS(=O)(=O)C[C@@H]21. The van der Waals surface area contributed by atoms with E-state index in [1.807, 2.05) is 11.8 Å². The van der Waals surface area contributed by atoms with Crippen molar-refractivity contribution in [1.82, 2.24) is 25.1 Å². The third-order valence-corrected chi connectivity index (χ3v) is 6.75. The molecular formula is C16H20N6O3S. The smallest absolute Gasteiger partial charge is 0.257 e. The van der Waals surface area contributed by atoms with Crippen LogP contribution in [0.3, 0.4) is 0 Å². The zero-order valence-corrected chi connectivity index (χ0v) is 15.2. The van der Waals surface area contributed by atoms with Crippen LogP contribution in [0.4, 0.5) is 5.95 Å². The van der Waals surface area contributed by atoms with Crippen LogP contribution in [0.25, 0.3) is 0 Å². The van der Waals surface area contributed by atoms with Crippen molar-refractivity contribution >= 4 is 21.7 Å². The van der Waals surface area contributed by atoms with Gasteiger partial charge in [-0.25, -0.2) is 18.4 Å². The van der Waals surface area contributed by atoms with E-state index in [9.17, 15) is 13.2 Å². The molecule has 2 saturated heterocycles. The normalized spacial score (nSPS) is 24.5. The van der Waals surface area contributed by atoms with Crippen LogP contribution in [0.2, 0.25) is 0 Å². The van der Waals surface area contributed by atoms with E-state index >= 15 is 0 Å². The fraction of sp³-hybridized carbons (Fsp3) is 0.500. The summed E-state index contributed by atoms with van der Waals surface area (Å²) in [7, 11) is -3.24. The molecule has 0 bridgehead atoms. The lowest BCUT2D eigenvalue weighted by Crippen LogP contribution is -2.61. The van der Waals surface area contributed by atoms with Gasteiger partial charge in [0.05, 0.1) is 35.3 Å². The quantitative estimate of drug-likeness (QED) is 0.795. The summed E-state index contributed by atoms with van der Waals surface area (Å²) in [6.45, 7) is 2.85. The number of hydrogen-bond acceptors (Lipinski definition) is 7. The molecule has 138 valence electrons. The van der Waals surface area contributed by atoms with E-state index in [4.69, 9.17) is 0 Å². The minimum absolute atomic E-state index is 0.00568. The highest BCUT2D eigenvalue weighted by molar-refractivity contribution is 7.91. The van der Waals surface area contributed by atoms with Crippen molar-refractivity contribution in [3.8, 4) is 0 Å². The summed E-state index contributed by atoms with van der Waals surface area (Å²) in [4.78, 5) is 25.2. The van der Waals surface area contributed by atoms with Crippen LogP contribution in [0.5, 0.6) is 0 Å². The zero-order valence-electron chi connectivity index (χ0n) is 14.4. The summed E-state index contributed by atoms with van der Waals surface area (Å²) in [5, 5.41) is 6.80. The van der Waals surface area contributed by atoms with Crippen LogP contribution in [0.1, 0.15) is 23.0 Å². The van der Waals surface area contributed by atoms with Crippen molar-refractivity contribution in [2.75, 3.05) is 29.5 Å². The minimum atomic E-state index is -3.24. The fourth-order valence-electron chi connectivity index (χ4n) is 3.81. The first-order valence-corrected chi connectivity index (χ1v) is 10.4. The summed E-state index contributed by atoms with van der Waals surface area (Å²) in [6, 6.07) is 0.971. The molecule has 0 saturated carbocycles. The number of nitrogens with one attached hydrogen (secondary N) is 1. The lowest BCUT2D eigenvalue weighted by atomic mass is 10.0. The number of sulfone groups is 1. The van der Waals surface area contributed by atoms with Gasteiger partial charge in [-0.3, -0.25) is 9.89 Å². The second-order valence-corrected chi connectivity index (χ2v) is 8.72. The van der Waals surface area contributed by atoms with E-state index in [0.717, 1.165) is 5.69 Å². The number of carbonyl (C=O) groups is 1. The van der Waals surface area contributed by atoms with Gasteiger partial charge in [0.25, 0.3) is 5.91 Å². The Morgan fingerprint density at radius 1 is 1.23 bits per heavy atom. The van der Waals surface area contributed by atoms with Crippen LogP contribution in [-0.4, -0.2) is 76.1 Å². The molecule has 2 aromatic heterocycles. The van der Waals surface area contributed by atoms with Crippen LogP contribution in [-0.2, 0) is 16.3 Å². The van der Waals surface area contributed by atoms with Crippen LogP contribution < -0.4 is 4.90 Å². The summed E-state index contributed by atoms with van der Waals surface area (Å²) < 4.78 is 24.7. The van der Waals surface area contributed by atoms with Crippen molar-refractivity contribution in [3.63, 3.8) is 0 Å². The fourth-order valence-corrected chi connectivity index (χ4v) is 5.80. The Kier molecular flexibility index (Phi) is 4.14. The Balaban J connectivity index is 1.67. The molecule has 0 radical (unpaired) electrons. The second-order valence-electron chi connectivity index (χ2n) is 6.57. The molecule has 4 heterocycles. The van der Waals surface area contributed by atoms with Gasteiger partial charge in [0.2, 0.25) is 5.95 Å². The molecular weight excluding hydrogens is 356 g/mol. The largest absolute Gasteiger partial charge is 0.333 e. The van der Waals surface area contributed by atoms with Crippen LogP contribution >= 0.6 is 0 Å². The average molecular weight is 376 g/mol. The summed E-state index contributed by atoms with van der Waals surface area (Å²) in [5.41, 5.74) is 1.28. The maximum atomic E-state index is 13.1. The van der Waals surface area contributed by atoms with Crippen molar-refractivity contribution in [2.24, 2.45) is 0 Å². The molecule has 1 N–H and O–H groups in total. The minimum Gasteiger partial charge on any atom is -0.333 e. The highest BCUT2D eigenvalue weighted by atomic mass is 32.2. The van der Waals surface area contributed by atoms with Crippen molar-refractivity contribution < 1.29 is 13.2 Å². The van der Waals surface area contributed by atoms with Gasteiger partial charge in [-0.15, -0.1) is 0 Å². The molecule has 9 nitrogen and oxygen atoms in total. The molecule has 2 aliphatic rings. The molecule has 2 fully saturated rings. The van der Waals surface area contributed by atoms with Gasteiger partial charge in [-0.05, 0) is 12.5 Å². The number of carbonyl (C=O) groups excluding carboxylic acids is 1. The molecule has 0 aliphatic carbocycles. The van der Waals surface area contributed by atoms with E-state index in [-0.39, 0.29) is 23.5 Å². The standard InChI is InChI=1S/C16H20N6O3S/c1-2-12-11(8-19-20-12)15(23)21-6-7-22(16-17-4-3-5-18-16)14-10-26(24,25)9-13(14)21/h3-5,8,13-14H,2,6-7,9-10H2,1H3,(H,19,20)/t13-,14+/m0/s1. The Hall–Kier alpha value is -2.49. The number of piperazine rings is 1. The Morgan fingerprint density at radius 3 is 2.69 bits per heavy atom. The number of H-pyrrole nitrogens is 1. The van der Waals surface area contributed by atoms with Gasteiger partial charge >= 0.3 is 0 Å². The van der Waals surface area contributed by atoms with Gasteiger partial charge in [-0.1, -0.05) is 6.92 Å². The Bertz CT molecular complexity index is 913. The number of anilines is 1. The van der Waals surface area contributed by atoms with Gasteiger partial charge in [-0.2, -0.15) is 5.10 Å². The third kappa shape index (κ3) is 2.83. The van der Waals surface area contributed by atoms with E-state index < -0.39 is 15.9 Å². The van der Waals surface area contributed by atoms with Crippen molar-refractivity contribution in [3.05, 3.63) is 35.9 Å². The molecule has 26 heavy (non-hydrogen) atoms. The second kappa shape index (κ2) is 6.35. The lowest BCUT2D eigenvalue weighted by molar-refractivity contribution is 0.0646. The van der Waals surface area contributed by atoms with Gasteiger partial charge in [0, 0.05) is 31.2 Å². The highest BCUT2D eigenvalue weighted by Gasteiger charge is 2.49. The summed E-state index contributed by atoms with van der Waals surface area (Å²) >= 11 is 0. The number of hydrogen-bond donors (Lipinski definition) is 1. The van der Waals surface area contributed by atoms with E-state index in [1.165, 1.54) is 6.20 Å². The number of aromatic amines is 1. The summed E-state index contributed by atoms with van der Waals surface area (Å²) in [5.74, 6) is 0.304. The molecule has 0 spiro atoms. The number of aromatic nitrogens is 4. The topological polar surface area (TPSA) is 112 Å². The monoisotopic (exact) mass is 376 g/mol. The molecule has 4 rings (SSSR count). The van der Waals surface area contributed by atoms with Crippen LogP contribution in [0.15, 0.2) is 24.7 Å². The first-order valence-electron chi connectivity index (χ1n) is 8.57. The molecule has 2 atom stereocenters. The molecule has 1 amide bonds. The number of fused-ring (bicyclic) bond motifs is 1. The van der Waals surface area contributed by atoms with Crippen LogP contribution in [0, 0.1) is 0 Å². The Morgan fingerprint density at radius 2 is 1.96 bits per heavy atom. The summed E-state index contributed by atoms with van der Waals surface area (Å²) in [6.07, 6.45) is 5.45. The van der Waals surface area contributed by atoms with Gasteiger partial charge in [0.15, 0.2) is 9.84 Å². The zero-order chi connectivity index (χ0) is 18.3. The van der Waals surface area contributed by atoms with E-state index in [1.54, 1.807) is 23.4 Å². The molecule has 0 unspecified atom stereocenters. The highest BCUT2D eigenvalue weighted by Crippen LogP contribution is 2.30. The third-order valence-electron chi connectivity index (χ3n) is 5.05. The number of aryl methyl sites for hydroxylation is 1. The van der Waals surface area contributed by atoms with Crippen molar-refractivity contribution in [1.29, 1.82) is 0 Å². The number of amides is 1. The van der Waals surface area contributed by atoms with Gasteiger partial charge < -0.3 is 9.80 Å². The van der Waals surface area contributed by atoms with Gasteiger partial charge in [0.1, 0.15) is 0 Å². The number of rotatable bonds is 3. The molecule has 2 aliphatic heterocycles. The molecule has 10 heteroatoms. The maximum absolute atomic E-state index is 13.1. The lowest BCUT2D eigenvalue weighted by Gasteiger charge is -2.43. The number of nitrogens with zero attached hydrogens (tertiary/aromatic N) is 5. The van der Waals surface area contributed by atoms with E-state index in [2.05, 4.69) is 20.2 Å². The molecule has 0 aromatic carbocycles. The first kappa shape index (κ1) is 17.0. The predicted molar refractivity (Wildman–Crippen MR) is 94.6 cm³/mol. The molecule has 2 aromatic rings. The first-order chi connectivity index (χ1) is 12.5. The maximum Gasteiger partial charge on any atom is 0.257 e. The van der Waals surface area contributed by atoms with E-state index in [0.29, 0.717) is 31.0 Å². The average Bonchev–Trinajstić information content (AvgIpc) is 3.23. The predicted octanol–water partition coefficient (Wildman–Crippen LogP) is -0.110. The Labute approximate surface area is 151 Å².